The van der Waals surface area contributed by atoms with Gasteiger partial charge in [-0.25, -0.2) is 0 Å². The predicted molar refractivity (Wildman–Crippen MR) is 81.6 cm³/mol. The van der Waals surface area contributed by atoms with Crippen molar-refractivity contribution in [1.29, 1.82) is 0 Å². The molecule has 0 spiro atoms. The smallest absolute Gasteiger partial charge is 0.119 e. The van der Waals surface area contributed by atoms with Gasteiger partial charge in [-0.2, -0.15) is 0 Å². The van der Waals surface area contributed by atoms with Crippen LogP contribution < -0.4 is 10.1 Å². The van der Waals surface area contributed by atoms with Gasteiger partial charge >= 0.3 is 0 Å². The molecule has 0 saturated heterocycles. The van der Waals surface area contributed by atoms with Crippen molar-refractivity contribution >= 4 is 11.8 Å². The van der Waals surface area contributed by atoms with Gasteiger partial charge < -0.3 is 10.1 Å². The number of hydrogen-bond donors (Lipinski definition) is 1. The molecule has 1 atom stereocenters. The Morgan fingerprint density at radius 1 is 1.11 bits per heavy atom. The van der Waals surface area contributed by atoms with Crippen molar-refractivity contribution in [3.63, 3.8) is 0 Å². The van der Waals surface area contributed by atoms with E-state index in [2.05, 4.69) is 37.0 Å². The minimum Gasteiger partial charge on any atom is -0.497 e. The van der Waals surface area contributed by atoms with Crippen LogP contribution in [0.2, 0.25) is 0 Å². The maximum absolute atomic E-state index is 5.15. The molecule has 0 heterocycles. The SMILES string of the molecule is C=Cc1ccccc1[C@@H](C)Nc1ccc(OC)cc1. The zero-order valence-electron chi connectivity index (χ0n) is 11.4. The first-order chi connectivity index (χ1) is 9.24. The van der Waals surface area contributed by atoms with E-state index in [1.54, 1.807) is 7.11 Å². The van der Waals surface area contributed by atoms with Gasteiger partial charge in [-0.15, -0.1) is 0 Å². The predicted octanol–water partition coefficient (Wildman–Crippen LogP) is 4.51. The molecule has 98 valence electrons. The van der Waals surface area contributed by atoms with Gasteiger partial charge in [-0.3, -0.25) is 0 Å². The number of rotatable bonds is 5. The standard InChI is InChI=1S/C17H19NO/c1-4-14-7-5-6-8-17(14)13(2)18-15-9-11-16(19-3)12-10-15/h4-13,18H,1H2,2-3H3/t13-/m1/s1. The Bertz CT molecular complexity index is 545. The lowest BCUT2D eigenvalue weighted by molar-refractivity contribution is 0.415. The van der Waals surface area contributed by atoms with Crippen LogP contribution in [0.4, 0.5) is 5.69 Å². The van der Waals surface area contributed by atoms with Gasteiger partial charge in [0.2, 0.25) is 0 Å². The first-order valence-corrected chi connectivity index (χ1v) is 6.36. The first-order valence-electron chi connectivity index (χ1n) is 6.36. The third-order valence-electron chi connectivity index (χ3n) is 3.16. The van der Waals surface area contributed by atoms with E-state index in [-0.39, 0.29) is 6.04 Å². The molecule has 1 N–H and O–H groups in total. The summed E-state index contributed by atoms with van der Waals surface area (Å²) >= 11 is 0. The Labute approximate surface area is 114 Å². The van der Waals surface area contributed by atoms with Crippen molar-refractivity contribution in [3.05, 3.63) is 66.2 Å². The van der Waals surface area contributed by atoms with Crippen LogP contribution >= 0.6 is 0 Å². The van der Waals surface area contributed by atoms with Crippen LogP contribution in [-0.4, -0.2) is 7.11 Å². The first kappa shape index (κ1) is 13.2. The van der Waals surface area contributed by atoms with Crippen molar-refractivity contribution < 1.29 is 4.74 Å². The molecule has 0 radical (unpaired) electrons. The zero-order chi connectivity index (χ0) is 13.7. The molecular formula is C17H19NO. The van der Waals surface area contributed by atoms with Crippen LogP contribution in [0.25, 0.3) is 6.08 Å². The van der Waals surface area contributed by atoms with E-state index in [1.807, 2.05) is 36.4 Å². The molecule has 0 bridgehead atoms. The van der Waals surface area contributed by atoms with E-state index in [0.29, 0.717) is 0 Å². The van der Waals surface area contributed by atoms with E-state index in [9.17, 15) is 0 Å². The topological polar surface area (TPSA) is 21.3 Å². The van der Waals surface area contributed by atoms with Gasteiger partial charge in [0.15, 0.2) is 0 Å². The van der Waals surface area contributed by atoms with E-state index >= 15 is 0 Å². The molecular weight excluding hydrogens is 234 g/mol. The minimum absolute atomic E-state index is 0.225. The van der Waals surface area contributed by atoms with Gasteiger partial charge in [0.1, 0.15) is 5.75 Å². The van der Waals surface area contributed by atoms with Crippen molar-refractivity contribution in [2.45, 2.75) is 13.0 Å². The second-order valence-electron chi connectivity index (χ2n) is 4.43. The molecule has 0 aliphatic rings. The Balaban J connectivity index is 2.15. The Morgan fingerprint density at radius 3 is 2.42 bits per heavy atom. The summed E-state index contributed by atoms with van der Waals surface area (Å²) in [5.74, 6) is 0.865. The maximum Gasteiger partial charge on any atom is 0.119 e. The summed E-state index contributed by atoms with van der Waals surface area (Å²) in [5.41, 5.74) is 3.48. The molecule has 2 aromatic carbocycles. The van der Waals surface area contributed by atoms with Crippen molar-refractivity contribution in [2.75, 3.05) is 12.4 Å². The summed E-state index contributed by atoms with van der Waals surface area (Å²) in [6.45, 7) is 6.00. The lowest BCUT2D eigenvalue weighted by Gasteiger charge is -2.18. The highest BCUT2D eigenvalue weighted by atomic mass is 16.5. The molecule has 0 aliphatic carbocycles. The van der Waals surface area contributed by atoms with Gasteiger partial charge in [-0.1, -0.05) is 36.9 Å². The van der Waals surface area contributed by atoms with E-state index in [4.69, 9.17) is 4.74 Å². The number of ether oxygens (including phenoxy) is 1. The monoisotopic (exact) mass is 253 g/mol. The third-order valence-corrected chi connectivity index (χ3v) is 3.16. The molecule has 2 heteroatoms. The fraction of sp³-hybridized carbons (Fsp3) is 0.176. The van der Waals surface area contributed by atoms with Crippen LogP contribution in [0.15, 0.2) is 55.1 Å². The highest BCUT2D eigenvalue weighted by molar-refractivity contribution is 5.55. The van der Waals surface area contributed by atoms with Crippen molar-refractivity contribution in [1.82, 2.24) is 0 Å². The largest absolute Gasteiger partial charge is 0.497 e. The molecule has 2 aromatic rings. The van der Waals surface area contributed by atoms with Crippen LogP contribution in [-0.2, 0) is 0 Å². The number of nitrogens with one attached hydrogen (secondary N) is 1. The molecule has 0 aromatic heterocycles. The average molecular weight is 253 g/mol. The molecule has 2 nitrogen and oxygen atoms in total. The summed E-state index contributed by atoms with van der Waals surface area (Å²) in [6, 6.07) is 16.4. The summed E-state index contributed by atoms with van der Waals surface area (Å²) in [5, 5.41) is 3.48. The van der Waals surface area contributed by atoms with Crippen LogP contribution in [0, 0.1) is 0 Å². The zero-order valence-corrected chi connectivity index (χ0v) is 11.4. The average Bonchev–Trinajstić information content (AvgIpc) is 2.48. The summed E-state index contributed by atoms with van der Waals surface area (Å²) in [4.78, 5) is 0. The second-order valence-corrected chi connectivity index (χ2v) is 4.43. The third kappa shape index (κ3) is 3.16. The molecule has 0 saturated carbocycles. The normalized spacial score (nSPS) is 11.7. The molecule has 0 fully saturated rings. The van der Waals surface area contributed by atoms with Crippen LogP contribution in [0.1, 0.15) is 24.1 Å². The molecule has 19 heavy (non-hydrogen) atoms. The van der Waals surface area contributed by atoms with Crippen LogP contribution in [0.3, 0.4) is 0 Å². The van der Waals surface area contributed by atoms with Gasteiger partial charge in [-0.05, 0) is 42.3 Å². The summed E-state index contributed by atoms with van der Waals surface area (Å²) < 4.78 is 5.15. The second kappa shape index (κ2) is 6.10. The fourth-order valence-corrected chi connectivity index (χ4v) is 2.11. The lowest BCUT2D eigenvalue weighted by Crippen LogP contribution is -2.07. The van der Waals surface area contributed by atoms with E-state index < -0.39 is 0 Å². The quantitative estimate of drug-likeness (QED) is 0.846. The number of methoxy groups -OCH3 is 1. The molecule has 0 aliphatic heterocycles. The maximum atomic E-state index is 5.15. The minimum atomic E-state index is 0.225. The summed E-state index contributed by atoms with van der Waals surface area (Å²) in [6.07, 6.45) is 1.89. The highest BCUT2D eigenvalue weighted by Gasteiger charge is 2.08. The van der Waals surface area contributed by atoms with Gasteiger partial charge in [0.25, 0.3) is 0 Å². The fourth-order valence-electron chi connectivity index (χ4n) is 2.11. The molecule has 2 rings (SSSR count). The Kier molecular flexibility index (Phi) is 4.24. The lowest BCUT2D eigenvalue weighted by atomic mass is 10.0. The van der Waals surface area contributed by atoms with Crippen LogP contribution in [0.5, 0.6) is 5.75 Å². The van der Waals surface area contributed by atoms with E-state index in [1.165, 1.54) is 5.56 Å². The highest BCUT2D eigenvalue weighted by Crippen LogP contribution is 2.24. The molecule has 0 amide bonds. The molecule has 0 unspecified atom stereocenters. The number of benzene rings is 2. The number of hydrogen-bond acceptors (Lipinski definition) is 2. The summed E-state index contributed by atoms with van der Waals surface area (Å²) in [7, 11) is 1.67. The number of anilines is 1. The van der Waals surface area contributed by atoms with Crippen molar-refractivity contribution in [3.8, 4) is 5.75 Å². The van der Waals surface area contributed by atoms with Gasteiger partial charge in [0, 0.05) is 11.7 Å². The van der Waals surface area contributed by atoms with E-state index in [0.717, 1.165) is 17.0 Å². The Hall–Kier alpha value is -2.22. The van der Waals surface area contributed by atoms with Crippen molar-refractivity contribution in [2.24, 2.45) is 0 Å². The van der Waals surface area contributed by atoms with Gasteiger partial charge in [0.05, 0.1) is 7.11 Å². The Morgan fingerprint density at radius 2 is 1.79 bits per heavy atom.